The van der Waals surface area contributed by atoms with Crippen LogP contribution < -0.4 is 0 Å². The van der Waals surface area contributed by atoms with E-state index in [9.17, 15) is 4.79 Å². The second-order valence-electron chi connectivity index (χ2n) is 4.02. The van der Waals surface area contributed by atoms with Crippen LogP contribution in [0.25, 0.3) is 11.3 Å². The van der Waals surface area contributed by atoms with Gasteiger partial charge in [-0.05, 0) is 19.4 Å². The molecule has 0 fully saturated rings. The Labute approximate surface area is 99.6 Å². The van der Waals surface area contributed by atoms with Gasteiger partial charge in [-0.25, -0.2) is 4.79 Å². The van der Waals surface area contributed by atoms with E-state index >= 15 is 0 Å². The summed E-state index contributed by atoms with van der Waals surface area (Å²) in [5.41, 5.74) is 4.76. The molecule has 0 N–H and O–H groups in total. The maximum absolute atomic E-state index is 10.4. The van der Waals surface area contributed by atoms with Crippen LogP contribution in [0.5, 0.6) is 0 Å². The number of aliphatic imine (C=N–C) groups is 1. The van der Waals surface area contributed by atoms with Crippen LogP contribution in [0.1, 0.15) is 11.1 Å². The Morgan fingerprint density at radius 2 is 2.12 bits per heavy atom. The van der Waals surface area contributed by atoms with Gasteiger partial charge in [0.15, 0.2) is 0 Å². The van der Waals surface area contributed by atoms with Gasteiger partial charge in [0, 0.05) is 12.6 Å². The molecular formula is C13H13N3O. The highest BCUT2D eigenvalue weighted by Crippen LogP contribution is 2.31. The molecule has 2 rings (SSSR count). The minimum atomic E-state index is 0.550. The van der Waals surface area contributed by atoms with Crippen molar-refractivity contribution in [2.45, 2.75) is 13.8 Å². The zero-order valence-corrected chi connectivity index (χ0v) is 10.1. The van der Waals surface area contributed by atoms with Gasteiger partial charge in [0.05, 0.1) is 11.9 Å². The molecule has 0 spiro atoms. The first-order chi connectivity index (χ1) is 8.13. The lowest BCUT2D eigenvalue weighted by Crippen LogP contribution is -1.95. The van der Waals surface area contributed by atoms with Crippen LogP contribution in [0.15, 0.2) is 29.4 Å². The Morgan fingerprint density at radius 3 is 2.76 bits per heavy atom. The monoisotopic (exact) mass is 227 g/mol. The average molecular weight is 227 g/mol. The fourth-order valence-electron chi connectivity index (χ4n) is 1.95. The van der Waals surface area contributed by atoms with E-state index in [0.717, 1.165) is 16.8 Å². The first-order valence-electron chi connectivity index (χ1n) is 5.31. The number of nitrogens with zero attached hydrogens (tertiary/aromatic N) is 3. The van der Waals surface area contributed by atoms with Gasteiger partial charge in [-0.1, -0.05) is 23.8 Å². The number of hydrogen-bond acceptors (Lipinski definition) is 3. The van der Waals surface area contributed by atoms with E-state index < -0.39 is 0 Å². The molecule has 2 aromatic rings. The third-order valence-corrected chi connectivity index (χ3v) is 2.72. The quantitative estimate of drug-likeness (QED) is 0.585. The fraction of sp³-hybridized carbons (Fsp3) is 0.231. The van der Waals surface area contributed by atoms with Gasteiger partial charge in [0.25, 0.3) is 0 Å². The number of carbonyl (C=O) groups excluding carboxylic acids is 1. The van der Waals surface area contributed by atoms with Gasteiger partial charge < -0.3 is 0 Å². The summed E-state index contributed by atoms with van der Waals surface area (Å²) in [7, 11) is 1.83. The van der Waals surface area contributed by atoms with Crippen LogP contribution in [0.2, 0.25) is 0 Å². The summed E-state index contributed by atoms with van der Waals surface area (Å²) in [5, 5.41) is 4.12. The molecule has 1 aromatic heterocycles. The predicted molar refractivity (Wildman–Crippen MR) is 65.9 cm³/mol. The van der Waals surface area contributed by atoms with Crippen LogP contribution in [-0.4, -0.2) is 15.9 Å². The Morgan fingerprint density at radius 1 is 1.35 bits per heavy atom. The Hall–Kier alpha value is -2.19. The largest absolute Gasteiger partial charge is 0.266 e. The molecule has 0 atom stereocenters. The second-order valence-corrected chi connectivity index (χ2v) is 4.02. The van der Waals surface area contributed by atoms with Crippen molar-refractivity contribution in [1.82, 2.24) is 9.78 Å². The molecule has 0 bridgehead atoms. The summed E-state index contributed by atoms with van der Waals surface area (Å²) in [6.07, 6.45) is 3.13. The highest BCUT2D eigenvalue weighted by molar-refractivity contribution is 5.76. The Balaban J connectivity index is 2.67. The second kappa shape index (κ2) is 4.36. The summed E-state index contributed by atoms with van der Waals surface area (Å²) in [4.78, 5) is 14.1. The van der Waals surface area contributed by atoms with E-state index in [-0.39, 0.29) is 0 Å². The number of isocyanates is 1. The molecule has 0 saturated carbocycles. The van der Waals surface area contributed by atoms with Crippen LogP contribution >= 0.6 is 0 Å². The van der Waals surface area contributed by atoms with E-state index in [4.69, 9.17) is 0 Å². The van der Waals surface area contributed by atoms with Crippen molar-refractivity contribution < 1.29 is 4.79 Å². The fourth-order valence-corrected chi connectivity index (χ4v) is 1.95. The number of hydrogen-bond donors (Lipinski definition) is 0. The average Bonchev–Trinajstić information content (AvgIpc) is 2.62. The van der Waals surface area contributed by atoms with Gasteiger partial charge in [-0.3, -0.25) is 4.68 Å². The van der Waals surface area contributed by atoms with Crippen molar-refractivity contribution in [3.05, 3.63) is 35.5 Å². The molecule has 0 amide bonds. The SMILES string of the molecule is Cc1ccc(-c2c(N=C=O)cnn2C)c(C)c1. The molecule has 17 heavy (non-hydrogen) atoms. The number of rotatable bonds is 2. The number of aromatic nitrogens is 2. The smallest absolute Gasteiger partial charge is 0.240 e. The molecule has 86 valence electrons. The number of aryl methyl sites for hydroxylation is 3. The zero-order chi connectivity index (χ0) is 12.4. The molecule has 4 nitrogen and oxygen atoms in total. The van der Waals surface area contributed by atoms with Crippen molar-refractivity contribution in [2.24, 2.45) is 12.0 Å². The van der Waals surface area contributed by atoms with Crippen LogP contribution in [0.4, 0.5) is 5.69 Å². The summed E-state index contributed by atoms with van der Waals surface area (Å²) in [5.74, 6) is 0. The molecule has 4 heteroatoms. The third kappa shape index (κ3) is 2.03. The summed E-state index contributed by atoms with van der Waals surface area (Å²) in [6, 6.07) is 6.14. The zero-order valence-electron chi connectivity index (χ0n) is 10.1. The van der Waals surface area contributed by atoms with Crippen molar-refractivity contribution in [3.63, 3.8) is 0 Å². The lowest BCUT2D eigenvalue weighted by molar-refractivity contribution is 0.565. The summed E-state index contributed by atoms with van der Waals surface area (Å²) >= 11 is 0. The van der Waals surface area contributed by atoms with E-state index in [0.29, 0.717) is 5.69 Å². The van der Waals surface area contributed by atoms with Crippen LogP contribution in [0.3, 0.4) is 0 Å². The third-order valence-electron chi connectivity index (χ3n) is 2.72. The Kier molecular flexibility index (Phi) is 2.90. The van der Waals surface area contributed by atoms with Crippen molar-refractivity contribution in [1.29, 1.82) is 0 Å². The Bertz CT molecular complexity index is 607. The predicted octanol–water partition coefficient (Wildman–Crippen LogP) is 2.67. The van der Waals surface area contributed by atoms with E-state index in [1.165, 1.54) is 5.56 Å². The number of benzene rings is 1. The van der Waals surface area contributed by atoms with Crippen molar-refractivity contribution in [3.8, 4) is 11.3 Å². The van der Waals surface area contributed by atoms with Crippen molar-refractivity contribution in [2.75, 3.05) is 0 Å². The maximum atomic E-state index is 10.4. The lowest BCUT2D eigenvalue weighted by atomic mass is 10.0. The standard InChI is InChI=1S/C13H13N3O/c1-9-4-5-11(10(2)6-9)13-12(14-8-17)7-15-16(13)3/h4-7H,1-3H3. The maximum Gasteiger partial charge on any atom is 0.240 e. The lowest BCUT2D eigenvalue weighted by Gasteiger charge is -2.08. The van der Waals surface area contributed by atoms with Crippen molar-refractivity contribution >= 4 is 11.8 Å². The van der Waals surface area contributed by atoms with Gasteiger partial charge >= 0.3 is 0 Å². The van der Waals surface area contributed by atoms with Crippen LogP contribution in [-0.2, 0) is 11.8 Å². The van der Waals surface area contributed by atoms with E-state index in [1.54, 1.807) is 17.0 Å². The van der Waals surface area contributed by atoms with E-state index in [1.807, 2.05) is 33.0 Å². The molecule has 0 radical (unpaired) electrons. The van der Waals surface area contributed by atoms with Gasteiger partial charge in [-0.2, -0.15) is 10.1 Å². The first kappa shape index (κ1) is 11.3. The molecular weight excluding hydrogens is 214 g/mol. The summed E-state index contributed by atoms with van der Waals surface area (Å²) < 4.78 is 1.72. The molecule has 0 aliphatic rings. The van der Waals surface area contributed by atoms with Gasteiger partial charge in [-0.15, -0.1) is 0 Å². The highest BCUT2D eigenvalue weighted by atomic mass is 16.1. The first-order valence-corrected chi connectivity index (χ1v) is 5.31. The molecule has 1 aromatic carbocycles. The van der Waals surface area contributed by atoms with E-state index in [2.05, 4.69) is 16.2 Å². The highest BCUT2D eigenvalue weighted by Gasteiger charge is 2.12. The van der Waals surface area contributed by atoms with Crippen LogP contribution in [0, 0.1) is 13.8 Å². The minimum Gasteiger partial charge on any atom is -0.266 e. The topological polar surface area (TPSA) is 47.2 Å². The molecule has 0 aliphatic heterocycles. The van der Waals surface area contributed by atoms with Gasteiger partial charge in [0.1, 0.15) is 5.69 Å². The normalized spacial score (nSPS) is 10.1. The molecule has 0 aliphatic carbocycles. The summed E-state index contributed by atoms with van der Waals surface area (Å²) in [6.45, 7) is 4.08. The molecule has 1 heterocycles. The minimum absolute atomic E-state index is 0.550. The molecule has 0 unspecified atom stereocenters. The molecule has 0 saturated heterocycles. The van der Waals surface area contributed by atoms with Gasteiger partial charge in [0.2, 0.25) is 6.08 Å².